The van der Waals surface area contributed by atoms with Gasteiger partial charge in [0.15, 0.2) is 0 Å². The van der Waals surface area contributed by atoms with Crippen molar-refractivity contribution in [1.82, 2.24) is 0 Å². The Balaban J connectivity index is 2.56. The van der Waals surface area contributed by atoms with E-state index in [2.05, 4.69) is 15.4 Å². The number of methoxy groups -OCH3 is 1. The second-order valence-corrected chi connectivity index (χ2v) is 4.11. The lowest BCUT2D eigenvalue weighted by Crippen LogP contribution is -2.20. The molecule has 0 aliphatic carbocycles. The molecule has 0 heterocycles. The Morgan fingerprint density at radius 2 is 1.84 bits per heavy atom. The van der Waals surface area contributed by atoms with Crippen LogP contribution in [0.5, 0.6) is 0 Å². The topological polar surface area (TPSA) is 76.7 Å². The van der Waals surface area contributed by atoms with E-state index in [1.165, 1.54) is 7.11 Å². The summed E-state index contributed by atoms with van der Waals surface area (Å²) in [6, 6.07) is 6.75. The van der Waals surface area contributed by atoms with Crippen molar-refractivity contribution in [3.8, 4) is 0 Å². The number of hydrogen-bond donors (Lipinski definition) is 2. The predicted octanol–water partition coefficient (Wildman–Crippen LogP) is 2.23. The lowest BCUT2D eigenvalue weighted by Gasteiger charge is -2.10. The van der Waals surface area contributed by atoms with E-state index in [1.807, 2.05) is 13.8 Å². The SMILES string of the molecule is COC(=O)Nc1cccc(NC(=O)COC(C)C)c1. The van der Waals surface area contributed by atoms with Crippen molar-refractivity contribution in [3.05, 3.63) is 24.3 Å². The quantitative estimate of drug-likeness (QED) is 0.856. The van der Waals surface area contributed by atoms with E-state index in [1.54, 1.807) is 24.3 Å². The van der Waals surface area contributed by atoms with Gasteiger partial charge in [-0.1, -0.05) is 6.07 Å². The maximum atomic E-state index is 11.6. The van der Waals surface area contributed by atoms with E-state index in [0.717, 1.165) is 0 Å². The third kappa shape index (κ3) is 5.87. The van der Waals surface area contributed by atoms with Crippen LogP contribution in [0.25, 0.3) is 0 Å². The fourth-order valence-corrected chi connectivity index (χ4v) is 1.28. The Kier molecular flexibility index (Phi) is 5.81. The predicted molar refractivity (Wildman–Crippen MR) is 72.2 cm³/mol. The van der Waals surface area contributed by atoms with E-state index < -0.39 is 6.09 Å². The molecule has 0 bridgehead atoms. The Morgan fingerprint density at radius 1 is 1.21 bits per heavy atom. The summed E-state index contributed by atoms with van der Waals surface area (Å²) in [5.41, 5.74) is 1.11. The average Bonchev–Trinajstić information content (AvgIpc) is 2.36. The standard InChI is InChI=1S/C13H18N2O4/c1-9(2)19-8-12(16)14-10-5-4-6-11(7-10)15-13(17)18-3/h4-7,9H,8H2,1-3H3,(H,14,16)(H,15,17). The molecule has 1 rings (SSSR count). The minimum Gasteiger partial charge on any atom is -0.453 e. The molecule has 0 atom stereocenters. The van der Waals surface area contributed by atoms with Crippen LogP contribution in [-0.4, -0.2) is 31.8 Å². The molecule has 6 nitrogen and oxygen atoms in total. The summed E-state index contributed by atoms with van der Waals surface area (Å²) < 4.78 is 9.67. The molecule has 0 unspecified atom stereocenters. The number of benzene rings is 1. The summed E-state index contributed by atoms with van der Waals surface area (Å²) in [4.78, 5) is 22.6. The zero-order valence-electron chi connectivity index (χ0n) is 11.2. The van der Waals surface area contributed by atoms with E-state index in [4.69, 9.17) is 4.74 Å². The molecule has 0 fully saturated rings. The van der Waals surface area contributed by atoms with Gasteiger partial charge in [-0.2, -0.15) is 0 Å². The number of anilines is 2. The van der Waals surface area contributed by atoms with Gasteiger partial charge in [0.05, 0.1) is 13.2 Å². The highest BCUT2D eigenvalue weighted by Gasteiger charge is 2.06. The summed E-state index contributed by atoms with van der Waals surface area (Å²) in [6.45, 7) is 3.70. The summed E-state index contributed by atoms with van der Waals surface area (Å²) >= 11 is 0. The molecule has 0 radical (unpaired) electrons. The van der Waals surface area contributed by atoms with Gasteiger partial charge in [-0.3, -0.25) is 10.1 Å². The van der Waals surface area contributed by atoms with Crippen LogP contribution in [0, 0.1) is 0 Å². The largest absolute Gasteiger partial charge is 0.453 e. The van der Waals surface area contributed by atoms with E-state index in [0.29, 0.717) is 11.4 Å². The first-order chi connectivity index (χ1) is 9.01. The van der Waals surface area contributed by atoms with E-state index in [-0.39, 0.29) is 18.6 Å². The van der Waals surface area contributed by atoms with Crippen LogP contribution in [-0.2, 0) is 14.3 Å². The summed E-state index contributed by atoms with van der Waals surface area (Å²) in [5.74, 6) is -0.246. The summed E-state index contributed by atoms with van der Waals surface area (Å²) in [7, 11) is 1.28. The Labute approximate surface area is 112 Å². The Bertz CT molecular complexity index is 446. The minimum absolute atomic E-state index is 0.00178. The van der Waals surface area contributed by atoms with Crippen molar-refractivity contribution in [2.24, 2.45) is 0 Å². The molecule has 1 aromatic rings. The van der Waals surface area contributed by atoms with Gasteiger partial charge in [-0.15, -0.1) is 0 Å². The van der Waals surface area contributed by atoms with E-state index >= 15 is 0 Å². The van der Waals surface area contributed by atoms with Gasteiger partial charge >= 0.3 is 6.09 Å². The van der Waals surface area contributed by atoms with Crippen LogP contribution in [0.15, 0.2) is 24.3 Å². The summed E-state index contributed by atoms with van der Waals surface area (Å²) in [6.07, 6.45) is -0.565. The van der Waals surface area contributed by atoms with Crippen molar-refractivity contribution < 1.29 is 19.1 Å². The second kappa shape index (κ2) is 7.38. The van der Waals surface area contributed by atoms with Crippen LogP contribution in [0.2, 0.25) is 0 Å². The molecular formula is C13H18N2O4. The molecule has 0 aliphatic heterocycles. The number of carbonyl (C=O) groups is 2. The molecule has 2 amide bonds. The lowest BCUT2D eigenvalue weighted by molar-refractivity contribution is -0.121. The third-order valence-electron chi connectivity index (χ3n) is 2.13. The molecule has 0 aliphatic rings. The minimum atomic E-state index is -0.563. The molecule has 104 valence electrons. The monoisotopic (exact) mass is 266 g/mol. The number of rotatable bonds is 5. The van der Waals surface area contributed by atoms with Crippen LogP contribution < -0.4 is 10.6 Å². The fourth-order valence-electron chi connectivity index (χ4n) is 1.28. The summed E-state index contributed by atoms with van der Waals surface area (Å²) in [5, 5.41) is 5.18. The number of carbonyl (C=O) groups excluding carboxylic acids is 2. The van der Waals surface area contributed by atoms with Gasteiger partial charge in [-0.05, 0) is 32.0 Å². The van der Waals surface area contributed by atoms with Crippen molar-refractivity contribution in [2.45, 2.75) is 20.0 Å². The maximum absolute atomic E-state index is 11.6. The van der Waals surface area contributed by atoms with Crippen molar-refractivity contribution in [3.63, 3.8) is 0 Å². The van der Waals surface area contributed by atoms with Gasteiger partial charge in [0.1, 0.15) is 6.61 Å². The van der Waals surface area contributed by atoms with Gasteiger partial charge < -0.3 is 14.8 Å². The van der Waals surface area contributed by atoms with Crippen molar-refractivity contribution in [2.75, 3.05) is 24.4 Å². The van der Waals surface area contributed by atoms with Gasteiger partial charge in [0.2, 0.25) is 5.91 Å². The molecular weight excluding hydrogens is 248 g/mol. The lowest BCUT2D eigenvalue weighted by atomic mass is 10.3. The first kappa shape index (κ1) is 15.0. The number of hydrogen-bond acceptors (Lipinski definition) is 4. The molecule has 0 saturated heterocycles. The zero-order chi connectivity index (χ0) is 14.3. The van der Waals surface area contributed by atoms with Crippen molar-refractivity contribution >= 4 is 23.4 Å². The molecule has 0 spiro atoms. The maximum Gasteiger partial charge on any atom is 0.411 e. The van der Waals surface area contributed by atoms with Crippen LogP contribution in [0.3, 0.4) is 0 Å². The first-order valence-corrected chi connectivity index (χ1v) is 5.87. The fraction of sp³-hybridized carbons (Fsp3) is 0.385. The van der Waals surface area contributed by atoms with Gasteiger partial charge in [-0.25, -0.2) is 4.79 Å². The van der Waals surface area contributed by atoms with Crippen LogP contribution >= 0.6 is 0 Å². The highest BCUT2D eigenvalue weighted by atomic mass is 16.5. The van der Waals surface area contributed by atoms with Gasteiger partial charge in [0.25, 0.3) is 0 Å². The van der Waals surface area contributed by atoms with E-state index in [9.17, 15) is 9.59 Å². The second-order valence-electron chi connectivity index (χ2n) is 4.11. The number of amides is 2. The molecule has 0 saturated carbocycles. The van der Waals surface area contributed by atoms with Crippen molar-refractivity contribution in [1.29, 1.82) is 0 Å². The van der Waals surface area contributed by atoms with Crippen LogP contribution in [0.1, 0.15) is 13.8 Å². The number of ether oxygens (including phenoxy) is 2. The van der Waals surface area contributed by atoms with Gasteiger partial charge in [0, 0.05) is 11.4 Å². The van der Waals surface area contributed by atoms with Crippen LogP contribution in [0.4, 0.5) is 16.2 Å². The molecule has 0 aromatic heterocycles. The highest BCUT2D eigenvalue weighted by Crippen LogP contribution is 2.15. The number of nitrogens with one attached hydrogen (secondary N) is 2. The Hall–Kier alpha value is -2.08. The molecule has 19 heavy (non-hydrogen) atoms. The normalized spacial score (nSPS) is 10.1. The highest BCUT2D eigenvalue weighted by molar-refractivity contribution is 5.93. The average molecular weight is 266 g/mol. The zero-order valence-corrected chi connectivity index (χ0v) is 11.2. The molecule has 6 heteroatoms. The molecule has 2 N–H and O–H groups in total. The molecule has 1 aromatic carbocycles. The first-order valence-electron chi connectivity index (χ1n) is 5.87. The third-order valence-corrected chi connectivity index (χ3v) is 2.13. The Morgan fingerprint density at radius 3 is 2.42 bits per heavy atom. The smallest absolute Gasteiger partial charge is 0.411 e.